The molecule has 220 valence electrons. The van der Waals surface area contributed by atoms with Gasteiger partial charge in [0.1, 0.15) is 29.0 Å². The van der Waals surface area contributed by atoms with Crippen LogP contribution in [0.2, 0.25) is 0 Å². The number of piperazine rings is 1. The Morgan fingerprint density at radius 2 is 1.86 bits per heavy atom. The normalized spacial score (nSPS) is 22.2. The molecule has 2 bridgehead atoms. The zero-order valence-electron chi connectivity index (χ0n) is 24.8. The summed E-state index contributed by atoms with van der Waals surface area (Å²) in [6.45, 7) is 10.0. The first kappa shape index (κ1) is 26.7. The lowest BCUT2D eigenvalue weighted by atomic mass is 10.0. The van der Waals surface area contributed by atoms with E-state index in [2.05, 4.69) is 52.3 Å². The minimum atomic E-state index is -0.859. The highest BCUT2D eigenvalue weighted by molar-refractivity contribution is 6.11. The molecule has 12 nitrogen and oxygen atoms in total. The van der Waals surface area contributed by atoms with Crippen LogP contribution in [0.3, 0.4) is 0 Å². The number of amides is 2. The quantitative estimate of drug-likeness (QED) is 0.488. The van der Waals surface area contributed by atoms with Crippen LogP contribution in [0.25, 0.3) is 11.5 Å². The number of hydrogen-bond donors (Lipinski definition) is 1. The molecule has 0 aliphatic carbocycles. The summed E-state index contributed by atoms with van der Waals surface area (Å²) in [6, 6.07) is 7.61. The first-order valence-corrected chi connectivity index (χ1v) is 14.8. The number of aromatic nitrogens is 5. The van der Waals surface area contributed by atoms with Crippen molar-refractivity contribution < 1.29 is 14.7 Å². The van der Waals surface area contributed by atoms with Gasteiger partial charge < -0.3 is 19.5 Å². The Balaban J connectivity index is 1.26. The van der Waals surface area contributed by atoms with Gasteiger partial charge in [-0.3, -0.25) is 14.6 Å². The van der Waals surface area contributed by atoms with Crippen molar-refractivity contribution in [3.8, 4) is 11.5 Å². The summed E-state index contributed by atoms with van der Waals surface area (Å²) in [7, 11) is 1.98. The summed E-state index contributed by atoms with van der Waals surface area (Å²) in [5.41, 5.74) is 2.06. The van der Waals surface area contributed by atoms with Gasteiger partial charge in [-0.1, -0.05) is 6.07 Å². The van der Waals surface area contributed by atoms with E-state index >= 15 is 0 Å². The molecule has 1 N–H and O–H groups in total. The summed E-state index contributed by atoms with van der Waals surface area (Å²) in [4.78, 5) is 43.6. The second-order valence-corrected chi connectivity index (χ2v) is 12.9. The number of fused-ring (bicyclic) bond motifs is 4. The van der Waals surface area contributed by atoms with Crippen molar-refractivity contribution in [2.45, 2.75) is 83.6 Å². The Bertz CT molecular complexity index is 1580. The average Bonchev–Trinajstić information content (AvgIpc) is 3.69. The van der Waals surface area contributed by atoms with E-state index in [1.54, 1.807) is 9.80 Å². The lowest BCUT2D eigenvalue weighted by Gasteiger charge is -2.40. The van der Waals surface area contributed by atoms with Gasteiger partial charge in [0, 0.05) is 43.7 Å². The van der Waals surface area contributed by atoms with Crippen molar-refractivity contribution in [3.05, 3.63) is 41.2 Å². The molecule has 2 atom stereocenters. The Labute approximate surface area is 245 Å². The number of pyridine rings is 2. The number of hydrogen-bond acceptors (Lipinski definition) is 8. The predicted octanol–water partition coefficient (Wildman–Crippen LogP) is 3.75. The monoisotopic (exact) mass is 571 g/mol. The second-order valence-electron chi connectivity index (χ2n) is 12.9. The van der Waals surface area contributed by atoms with Crippen LogP contribution >= 0.6 is 0 Å². The van der Waals surface area contributed by atoms with E-state index in [1.165, 1.54) is 0 Å². The second kappa shape index (κ2) is 9.40. The third kappa shape index (κ3) is 4.02. The minimum absolute atomic E-state index is 0.0779. The molecule has 12 heteroatoms. The van der Waals surface area contributed by atoms with Gasteiger partial charge in [0.05, 0.1) is 24.2 Å². The first-order chi connectivity index (χ1) is 20.0. The largest absolute Gasteiger partial charge is 0.465 e. The van der Waals surface area contributed by atoms with Crippen LogP contribution in [0.5, 0.6) is 0 Å². The molecule has 4 aliphatic heterocycles. The number of carboxylic acid groups (broad SMARTS) is 1. The topological polar surface area (TPSA) is 124 Å². The van der Waals surface area contributed by atoms with E-state index in [0.29, 0.717) is 42.5 Å². The molecular formula is C30H37N9O3. The van der Waals surface area contributed by atoms with Crippen LogP contribution in [0.15, 0.2) is 24.3 Å². The number of anilines is 3. The summed E-state index contributed by atoms with van der Waals surface area (Å²) in [5.74, 6) is 3.61. The Hall–Kier alpha value is -4.22. The van der Waals surface area contributed by atoms with E-state index < -0.39 is 6.09 Å². The van der Waals surface area contributed by atoms with Crippen molar-refractivity contribution in [2.75, 3.05) is 34.8 Å². The van der Waals surface area contributed by atoms with E-state index in [4.69, 9.17) is 9.97 Å². The summed E-state index contributed by atoms with van der Waals surface area (Å²) in [6.07, 6.45) is 2.70. The highest BCUT2D eigenvalue weighted by Gasteiger charge is 2.45. The van der Waals surface area contributed by atoms with Crippen molar-refractivity contribution in [1.82, 2.24) is 29.6 Å². The molecule has 0 saturated carbocycles. The molecule has 3 aromatic rings. The Morgan fingerprint density at radius 1 is 1.12 bits per heavy atom. The average molecular weight is 572 g/mol. The van der Waals surface area contributed by atoms with Gasteiger partial charge >= 0.3 is 6.09 Å². The Morgan fingerprint density at radius 3 is 2.55 bits per heavy atom. The summed E-state index contributed by atoms with van der Waals surface area (Å²) >= 11 is 0. The van der Waals surface area contributed by atoms with E-state index in [-0.39, 0.29) is 29.6 Å². The fourth-order valence-electron chi connectivity index (χ4n) is 7.06. The highest BCUT2D eigenvalue weighted by atomic mass is 16.4. The zero-order chi connectivity index (χ0) is 29.5. The molecule has 0 radical (unpaired) electrons. The number of carbonyl (C=O) groups is 2. The van der Waals surface area contributed by atoms with Crippen LogP contribution in [0.4, 0.5) is 22.2 Å². The van der Waals surface area contributed by atoms with Crippen LogP contribution in [-0.2, 0) is 18.5 Å². The zero-order valence-corrected chi connectivity index (χ0v) is 24.8. The molecule has 2 saturated heterocycles. The molecule has 7 heterocycles. The fourth-order valence-corrected chi connectivity index (χ4v) is 7.06. The van der Waals surface area contributed by atoms with Crippen molar-refractivity contribution in [1.29, 1.82) is 0 Å². The van der Waals surface area contributed by atoms with Gasteiger partial charge in [-0.05, 0) is 65.2 Å². The standard InChI is InChI=1S/C30H37N9O3/c1-17(2)35(5)25-13-20-21(26(32-25)36-14-18-9-10-19(15-36)38(18)29(41)42)16-37(28(20)40)23-8-6-7-22(31-23)27-34-33-24-11-12-30(3,4)39(24)27/h6-8,13,17-19H,9-12,14-16H2,1-5H3,(H,41,42). The van der Waals surface area contributed by atoms with Gasteiger partial charge in [0.15, 0.2) is 5.82 Å². The smallest absolute Gasteiger partial charge is 0.407 e. The third-order valence-electron chi connectivity index (χ3n) is 9.56. The van der Waals surface area contributed by atoms with E-state index in [0.717, 1.165) is 48.7 Å². The fraction of sp³-hybridized carbons (Fsp3) is 0.533. The molecule has 2 unspecified atom stereocenters. The van der Waals surface area contributed by atoms with Gasteiger partial charge in [-0.15, -0.1) is 10.2 Å². The SMILES string of the molecule is CC(C)N(C)c1cc2c(c(N3CC4CCC(C3)N4C(=O)O)n1)CN(c1cccc(-c3nnc4n3C(C)(C)CC4)n1)C2=O. The van der Waals surface area contributed by atoms with Crippen molar-refractivity contribution in [2.24, 2.45) is 0 Å². The number of carbonyl (C=O) groups excluding carboxylic acids is 1. The maximum atomic E-state index is 14.0. The molecule has 7 rings (SSSR count). The van der Waals surface area contributed by atoms with Crippen LogP contribution < -0.4 is 14.7 Å². The van der Waals surface area contributed by atoms with Gasteiger partial charge in [-0.2, -0.15) is 0 Å². The molecule has 4 aliphatic rings. The lowest BCUT2D eigenvalue weighted by molar-refractivity contribution is 0.0995. The number of nitrogens with zero attached hydrogens (tertiary/aromatic N) is 9. The van der Waals surface area contributed by atoms with E-state index in [9.17, 15) is 14.7 Å². The molecule has 42 heavy (non-hydrogen) atoms. The van der Waals surface area contributed by atoms with Gasteiger partial charge in [0.2, 0.25) is 0 Å². The molecule has 2 fully saturated rings. The molecule has 3 aromatic heterocycles. The highest BCUT2D eigenvalue weighted by Crippen LogP contribution is 2.40. The first-order valence-electron chi connectivity index (χ1n) is 14.8. The maximum absolute atomic E-state index is 14.0. The maximum Gasteiger partial charge on any atom is 0.407 e. The van der Waals surface area contributed by atoms with Crippen LogP contribution in [0.1, 0.15) is 68.7 Å². The van der Waals surface area contributed by atoms with E-state index in [1.807, 2.05) is 31.3 Å². The van der Waals surface area contributed by atoms with Gasteiger partial charge in [-0.25, -0.2) is 14.8 Å². The minimum Gasteiger partial charge on any atom is -0.465 e. The summed E-state index contributed by atoms with van der Waals surface area (Å²) in [5, 5.41) is 18.7. The molecule has 0 aromatic carbocycles. The van der Waals surface area contributed by atoms with Crippen LogP contribution in [-0.4, -0.2) is 85.0 Å². The molecule has 0 spiro atoms. The van der Waals surface area contributed by atoms with Crippen LogP contribution in [0, 0.1) is 0 Å². The Kier molecular flexibility index (Phi) is 5.97. The van der Waals surface area contributed by atoms with Gasteiger partial charge in [0.25, 0.3) is 5.91 Å². The molecular weight excluding hydrogens is 534 g/mol. The van der Waals surface area contributed by atoms with Crippen molar-refractivity contribution >= 4 is 29.5 Å². The third-order valence-corrected chi connectivity index (χ3v) is 9.56. The number of rotatable bonds is 5. The predicted molar refractivity (Wildman–Crippen MR) is 158 cm³/mol. The molecule has 2 amide bonds. The van der Waals surface area contributed by atoms with Crippen molar-refractivity contribution in [3.63, 3.8) is 0 Å². The summed E-state index contributed by atoms with van der Waals surface area (Å²) < 4.78 is 2.17. The lowest BCUT2D eigenvalue weighted by Crippen LogP contribution is -2.56. The number of aryl methyl sites for hydroxylation is 1.